The first kappa shape index (κ1) is 13.4. The van der Waals surface area contributed by atoms with Gasteiger partial charge in [0.1, 0.15) is 10.5 Å². The number of benzene rings is 1. The van der Waals surface area contributed by atoms with Crippen LogP contribution in [0.4, 0.5) is 0 Å². The summed E-state index contributed by atoms with van der Waals surface area (Å²) in [5.41, 5.74) is 4.51. The molecule has 0 atom stereocenters. The van der Waals surface area contributed by atoms with Crippen molar-refractivity contribution in [2.75, 3.05) is 0 Å². The van der Waals surface area contributed by atoms with E-state index in [1.165, 1.54) is 5.56 Å². The van der Waals surface area contributed by atoms with Crippen LogP contribution < -0.4 is 0 Å². The third-order valence-corrected chi connectivity index (χ3v) is 3.94. The highest BCUT2D eigenvalue weighted by Gasteiger charge is 2.08. The van der Waals surface area contributed by atoms with Crippen molar-refractivity contribution in [1.29, 1.82) is 0 Å². The van der Waals surface area contributed by atoms with Crippen LogP contribution in [0.2, 0.25) is 0 Å². The maximum Gasteiger partial charge on any atom is 0.139 e. The highest BCUT2D eigenvalue weighted by Crippen LogP contribution is 2.24. The number of aromatic amines is 1. The number of nitrogens with one attached hydrogen (secondary N) is 1. The van der Waals surface area contributed by atoms with Gasteiger partial charge in [-0.2, -0.15) is 0 Å². The van der Waals surface area contributed by atoms with Crippen LogP contribution in [0.25, 0.3) is 11.4 Å². The highest BCUT2D eigenvalue weighted by molar-refractivity contribution is 9.10. The Morgan fingerprint density at radius 3 is 2.67 bits per heavy atom. The van der Waals surface area contributed by atoms with Gasteiger partial charge in [-0.25, -0.2) is 4.98 Å². The van der Waals surface area contributed by atoms with Crippen LogP contribution in [-0.4, -0.2) is 9.97 Å². The van der Waals surface area contributed by atoms with E-state index >= 15 is 0 Å². The monoisotopic (exact) mass is 322 g/mol. The van der Waals surface area contributed by atoms with Crippen LogP contribution in [0.5, 0.6) is 0 Å². The minimum absolute atomic E-state index is 0.683. The molecule has 0 aliphatic heterocycles. The van der Waals surface area contributed by atoms with Gasteiger partial charge in [0.05, 0.1) is 0 Å². The van der Waals surface area contributed by atoms with Crippen LogP contribution in [0.15, 0.2) is 22.7 Å². The van der Waals surface area contributed by atoms with E-state index in [9.17, 15) is 0 Å². The van der Waals surface area contributed by atoms with Crippen LogP contribution in [-0.2, 0) is 6.42 Å². The summed E-state index contributed by atoms with van der Waals surface area (Å²) in [5, 5.41) is 0. The molecule has 4 heteroatoms. The standard InChI is InChI=1S/C14H15BrN2S/c1-4-12-9(3)14(18)17-13(16-12)11-6-5-10(15)7-8(11)2/h5-7H,4H2,1-3H3,(H,16,17,18). The average Bonchev–Trinajstić information content (AvgIpc) is 2.32. The summed E-state index contributed by atoms with van der Waals surface area (Å²) in [4.78, 5) is 7.87. The second-order valence-corrected chi connectivity index (χ2v) is 5.61. The molecule has 0 amide bonds. The van der Waals surface area contributed by atoms with E-state index in [0.29, 0.717) is 4.64 Å². The van der Waals surface area contributed by atoms with Crippen molar-refractivity contribution in [2.24, 2.45) is 0 Å². The number of nitrogens with zero attached hydrogens (tertiary/aromatic N) is 1. The second kappa shape index (κ2) is 5.33. The van der Waals surface area contributed by atoms with Gasteiger partial charge in [-0.05, 0) is 44.0 Å². The Kier molecular flexibility index (Phi) is 3.97. The lowest BCUT2D eigenvalue weighted by molar-refractivity contribution is 0.968. The Morgan fingerprint density at radius 1 is 1.33 bits per heavy atom. The first-order valence-electron chi connectivity index (χ1n) is 5.89. The summed E-state index contributed by atoms with van der Waals surface area (Å²) in [6, 6.07) is 6.16. The van der Waals surface area contributed by atoms with Gasteiger partial charge in [-0.3, -0.25) is 0 Å². The van der Waals surface area contributed by atoms with Gasteiger partial charge in [0, 0.05) is 21.3 Å². The molecule has 0 fully saturated rings. The quantitative estimate of drug-likeness (QED) is 0.808. The van der Waals surface area contributed by atoms with Crippen molar-refractivity contribution in [2.45, 2.75) is 27.2 Å². The molecular weight excluding hydrogens is 308 g/mol. The summed E-state index contributed by atoms with van der Waals surface area (Å²) >= 11 is 8.80. The molecule has 0 radical (unpaired) electrons. The fourth-order valence-corrected chi connectivity index (χ4v) is 2.64. The van der Waals surface area contributed by atoms with E-state index < -0.39 is 0 Å². The Hall–Kier alpha value is -1.00. The molecule has 1 N–H and O–H groups in total. The SMILES string of the molecule is CCc1[nH]c(-c2ccc(Br)cc2C)nc(=S)c1C. The second-order valence-electron chi connectivity index (χ2n) is 4.31. The topological polar surface area (TPSA) is 28.7 Å². The maximum absolute atomic E-state index is 5.32. The van der Waals surface area contributed by atoms with Crippen molar-refractivity contribution in [3.05, 3.63) is 44.1 Å². The lowest BCUT2D eigenvalue weighted by Gasteiger charge is -2.10. The van der Waals surface area contributed by atoms with Gasteiger partial charge in [0.2, 0.25) is 0 Å². The Morgan fingerprint density at radius 2 is 2.06 bits per heavy atom. The Balaban J connectivity index is 2.64. The zero-order chi connectivity index (χ0) is 13.3. The molecule has 2 rings (SSSR count). The molecule has 0 saturated carbocycles. The predicted octanol–water partition coefficient (Wildman–Crippen LogP) is 4.75. The maximum atomic E-state index is 5.32. The van der Waals surface area contributed by atoms with Gasteiger partial charge < -0.3 is 4.98 Å². The number of aryl methyl sites for hydroxylation is 2. The van der Waals surface area contributed by atoms with E-state index in [1.54, 1.807) is 0 Å². The molecule has 1 heterocycles. The van der Waals surface area contributed by atoms with Crippen molar-refractivity contribution in [3.8, 4) is 11.4 Å². The van der Waals surface area contributed by atoms with Gasteiger partial charge >= 0.3 is 0 Å². The van der Waals surface area contributed by atoms with Crippen molar-refractivity contribution in [3.63, 3.8) is 0 Å². The lowest BCUT2D eigenvalue weighted by Crippen LogP contribution is -2.00. The number of H-pyrrole nitrogens is 1. The van der Waals surface area contributed by atoms with Crippen LogP contribution in [0.3, 0.4) is 0 Å². The minimum atomic E-state index is 0.683. The summed E-state index contributed by atoms with van der Waals surface area (Å²) in [6.45, 7) is 6.21. The van der Waals surface area contributed by atoms with Crippen molar-refractivity contribution in [1.82, 2.24) is 9.97 Å². The molecule has 2 aromatic rings. The fourth-order valence-electron chi connectivity index (χ4n) is 1.95. The predicted molar refractivity (Wildman–Crippen MR) is 81.4 cm³/mol. The summed E-state index contributed by atoms with van der Waals surface area (Å²) in [7, 11) is 0. The molecule has 2 nitrogen and oxygen atoms in total. The molecule has 0 unspecified atom stereocenters. The smallest absolute Gasteiger partial charge is 0.139 e. The normalized spacial score (nSPS) is 10.7. The largest absolute Gasteiger partial charge is 0.343 e. The molecule has 0 spiro atoms. The number of hydrogen-bond donors (Lipinski definition) is 1. The Bertz CT molecular complexity index is 647. The minimum Gasteiger partial charge on any atom is -0.343 e. The van der Waals surface area contributed by atoms with Gasteiger partial charge in [-0.1, -0.05) is 35.1 Å². The van der Waals surface area contributed by atoms with E-state index in [4.69, 9.17) is 12.2 Å². The number of aromatic nitrogens is 2. The summed E-state index contributed by atoms with van der Waals surface area (Å²) in [6.07, 6.45) is 0.931. The van der Waals surface area contributed by atoms with E-state index in [-0.39, 0.29) is 0 Å². The van der Waals surface area contributed by atoms with E-state index in [0.717, 1.165) is 33.5 Å². The van der Waals surface area contributed by atoms with Crippen molar-refractivity contribution >= 4 is 28.1 Å². The average molecular weight is 323 g/mol. The number of rotatable bonds is 2. The first-order chi connectivity index (χ1) is 8.52. The molecule has 0 bridgehead atoms. The first-order valence-corrected chi connectivity index (χ1v) is 7.09. The van der Waals surface area contributed by atoms with Gasteiger partial charge in [0.25, 0.3) is 0 Å². The Labute approximate surface area is 121 Å². The molecule has 1 aromatic heterocycles. The highest BCUT2D eigenvalue weighted by atomic mass is 79.9. The van der Waals surface area contributed by atoms with Crippen LogP contribution in [0, 0.1) is 18.5 Å². The zero-order valence-electron chi connectivity index (χ0n) is 10.7. The van der Waals surface area contributed by atoms with Gasteiger partial charge in [0.15, 0.2) is 0 Å². The molecule has 94 valence electrons. The summed E-state index contributed by atoms with van der Waals surface area (Å²) in [5.74, 6) is 0.854. The van der Waals surface area contributed by atoms with Crippen LogP contribution >= 0.6 is 28.1 Å². The molecule has 0 saturated heterocycles. The van der Waals surface area contributed by atoms with Crippen molar-refractivity contribution < 1.29 is 0 Å². The molecule has 0 aliphatic rings. The lowest BCUT2D eigenvalue weighted by atomic mass is 10.1. The third-order valence-electron chi connectivity index (χ3n) is 3.05. The number of halogens is 1. The fraction of sp³-hybridized carbons (Fsp3) is 0.286. The third kappa shape index (κ3) is 2.54. The van der Waals surface area contributed by atoms with Crippen LogP contribution in [0.1, 0.15) is 23.7 Å². The molecular formula is C14H15BrN2S. The zero-order valence-corrected chi connectivity index (χ0v) is 13.1. The van der Waals surface area contributed by atoms with E-state index in [2.05, 4.69) is 51.9 Å². The number of hydrogen-bond acceptors (Lipinski definition) is 2. The molecule has 18 heavy (non-hydrogen) atoms. The molecule has 0 aliphatic carbocycles. The van der Waals surface area contributed by atoms with E-state index in [1.807, 2.05) is 13.0 Å². The summed E-state index contributed by atoms with van der Waals surface area (Å²) < 4.78 is 1.76. The molecule has 1 aromatic carbocycles. The van der Waals surface area contributed by atoms with Gasteiger partial charge in [-0.15, -0.1) is 0 Å².